The Morgan fingerprint density at radius 1 is 1.12 bits per heavy atom. The number of hydrogen-bond acceptors (Lipinski definition) is 4. The van der Waals surface area contributed by atoms with Gasteiger partial charge in [0.25, 0.3) is 0 Å². The van der Waals surface area contributed by atoms with Crippen molar-refractivity contribution in [1.29, 1.82) is 0 Å². The highest BCUT2D eigenvalue weighted by Crippen LogP contribution is 2.49. The van der Waals surface area contributed by atoms with Gasteiger partial charge in [-0.2, -0.15) is 0 Å². The van der Waals surface area contributed by atoms with E-state index in [1.54, 1.807) is 18.2 Å². The summed E-state index contributed by atoms with van der Waals surface area (Å²) in [7, 11) is -1.47. The van der Waals surface area contributed by atoms with Crippen molar-refractivity contribution in [3.63, 3.8) is 0 Å². The Kier molecular flexibility index (Phi) is 4.45. The van der Waals surface area contributed by atoms with E-state index in [2.05, 4.69) is 12.1 Å². The molecule has 25 heavy (non-hydrogen) atoms. The van der Waals surface area contributed by atoms with Gasteiger partial charge in [0.1, 0.15) is 0 Å². The lowest BCUT2D eigenvalue weighted by Gasteiger charge is -2.28. The van der Waals surface area contributed by atoms with E-state index >= 15 is 0 Å². The van der Waals surface area contributed by atoms with Gasteiger partial charge < -0.3 is 4.90 Å². The molecule has 4 nitrogen and oxygen atoms in total. The molecule has 1 fully saturated rings. The summed E-state index contributed by atoms with van der Waals surface area (Å²) in [6, 6.07) is 15.2. The van der Waals surface area contributed by atoms with E-state index in [-0.39, 0.29) is 16.1 Å². The molecular weight excluding hydrogens is 334 g/mol. The number of carbonyl (C=O) groups is 1. The summed E-state index contributed by atoms with van der Waals surface area (Å²) in [5, 5.41) is 0. The molecule has 0 atom stereocenters. The van der Waals surface area contributed by atoms with E-state index in [1.165, 1.54) is 18.7 Å². The van der Waals surface area contributed by atoms with Crippen LogP contribution in [0.5, 0.6) is 0 Å². The van der Waals surface area contributed by atoms with E-state index in [1.807, 2.05) is 30.1 Å². The molecule has 1 aliphatic carbocycles. The van der Waals surface area contributed by atoms with Crippen molar-refractivity contribution in [2.75, 3.05) is 24.7 Å². The molecule has 5 heteroatoms. The Balaban J connectivity index is 1.98. The van der Waals surface area contributed by atoms with Crippen LogP contribution in [0.15, 0.2) is 53.4 Å². The lowest BCUT2D eigenvalue weighted by Crippen LogP contribution is -2.30. The van der Waals surface area contributed by atoms with Crippen molar-refractivity contribution >= 4 is 21.3 Å². The van der Waals surface area contributed by atoms with Crippen LogP contribution < -0.4 is 4.90 Å². The average molecular weight is 357 g/mol. The van der Waals surface area contributed by atoms with Gasteiger partial charge in [0.15, 0.2) is 15.6 Å². The van der Waals surface area contributed by atoms with Crippen LogP contribution in [0.4, 0.5) is 5.69 Å². The van der Waals surface area contributed by atoms with E-state index in [0.717, 1.165) is 19.4 Å². The maximum atomic E-state index is 12.2. The molecule has 0 spiro atoms. The highest BCUT2D eigenvalue weighted by atomic mass is 32.2. The highest BCUT2D eigenvalue weighted by molar-refractivity contribution is 7.90. The predicted octanol–water partition coefficient (Wildman–Crippen LogP) is 3.46. The van der Waals surface area contributed by atoms with E-state index < -0.39 is 9.84 Å². The average Bonchev–Trinajstić information content (AvgIpc) is 3.35. The zero-order valence-electron chi connectivity index (χ0n) is 14.8. The number of rotatable bonds is 6. The minimum absolute atomic E-state index is 0.0665. The van der Waals surface area contributed by atoms with Crippen molar-refractivity contribution in [2.45, 2.75) is 30.1 Å². The first-order valence-corrected chi connectivity index (χ1v) is 10.2. The maximum absolute atomic E-state index is 12.2. The first kappa shape index (κ1) is 17.7. The van der Waals surface area contributed by atoms with Crippen molar-refractivity contribution < 1.29 is 13.2 Å². The molecule has 0 N–H and O–H groups in total. The van der Waals surface area contributed by atoms with Crippen LogP contribution in [-0.4, -0.2) is 34.0 Å². The molecule has 1 saturated carbocycles. The summed E-state index contributed by atoms with van der Waals surface area (Å²) in [4.78, 5) is 14.0. The molecule has 3 rings (SSSR count). The molecule has 0 radical (unpaired) electrons. The number of hydrogen-bond donors (Lipinski definition) is 0. The largest absolute Gasteiger partial charge is 0.373 e. The molecule has 0 aromatic heterocycles. The van der Waals surface area contributed by atoms with Gasteiger partial charge in [0.05, 0.1) is 10.6 Å². The fraction of sp³-hybridized carbons (Fsp3) is 0.350. The number of carbonyl (C=O) groups excluding carboxylic acids is 1. The van der Waals surface area contributed by atoms with Gasteiger partial charge >= 0.3 is 0 Å². The van der Waals surface area contributed by atoms with Crippen LogP contribution in [0.2, 0.25) is 0 Å². The zero-order valence-corrected chi connectivity index (χ0v) is 15.6. The standard InChI is InChI=1S/C20H23NO3S/c1-15(22)16-9-10-19(25(3,23)24)18(13-16)21(2)14-20(11-12-20)17-7-5-4-6-8-17/h4-10,13H,11-12,14H2,1-3H3. The number of ketones is 1. The smallest absolute Gasteiger partial charge is 0.177 e. The Labute approximate surface area is 149 Å². The summed E-state index contributed by atoms with van der Waals surface area (Å²) in [5.41, 5.74) is 2.47. The quantitative estimate of drug-likeness (QED) is 0.743. The zero-order chi connectivity index (χ0) is 18.2. The van der Waals surface area contributed by atoms with Crippen LogP contribution in [0, 0.1) is 0 Å². The summed E-state index contributed by atoms with van der Waals surface area (Å²) < 4.78 is 24.4. The van der Waals surface area contributed by atoms with E-state index in [4.69, 9.17) is 0 Å². The Morgan fingerprint density at radius 2 is 1.76 bits per heavy atom. The van der Waals surface area contributed by atoms with Gasteiger partial charge in [-0.25, -0.2) is 8.42 Å². The summed E-state index contributed by atoms with van der Waals surface area (Å²) >= 11 is 0. The van der Waals surface area contributed by atoms with Gasteiger partial charge in [0.2, 0.25) is 0 Å². The van der Waals surface area contributed by atoms with Gasteiger partial charge in [-0.1, -0.05) is 30.3 Å². The van der Waals surface area contributed by atoms with Crippen LogP contribution in [0.3, 0.4) is 0 Å². The van der Waals surface area contributed by atoms with E-state index in [9.17, 15) is 13.2 Å². The van der Waals surface area contributed by atoms with Crippen molar-refractivity contribution in [3.8, 4) is 0 Å². The summed E-state index contributed by atoms with van der Waals surface area (Å²) in [6.45, 7) is 2.21. The van der Waals surface area contributed by atoms with E-state index in [0.29, 0.717) is 11.3 Å². The first-order chi connectivity index (χ1) is 11.7. The molecule has 1 aliphatic rings. The van der Waals surface area contributed by atoms with Gasteiger partial charge in [-0.3, -0.25) is 4.79 Å². The van der Waals surface area contributed by atoms with Gasteiger partial charge in [0, 0.05) is 30.8 Å². The first-order valence-electron chi connectivity index (χ1n) is 8.35. The normalized spacial score (nSPS) is 15.6. The molecule has 0 aliphatic heterocycles. The van der Waals surface area contributed by atoms with Crippen LogP contribution in [-0.2, 0) is 15.3 Å². The third-order valence-electron chi connectivity index (χ3n) is 4.96. The third kappa shape index (κ3) is 3.61. The molecule has 0 saturated heterocycles. The van der Waals surface area contributed by atoms with Crippen LogP contribution >= 0.6 is 0 Å². The fourth-order valence-corrected chi connectivity index (χ4v) is 4.28. The Hall–Kier alpha value is -2.14. The number of anilines is 1. The second-order valence-corrected chi connectivity index (χ2v) is 9.00. The number of Topliss-reactive ketones (excluding diaryl/α,β-unsaturated/α-hetero) is 1. The fourth-order valence-electron chi connectivity index (χ4n) is 3.37. The summed E-state index contributed by atoms with van der Waals surface area (Å²) in [6.07, 6.45) is 3.38. The molecule has 132 valence electrons. The summed E-state index contributed by atoms with van der Waals surface area (Å²) in [5.74, 6) is -0.0705. The molecular formula is C20H23NO3S. The Bertz CT molecular complexity index is 900. The molecule has 0 amide bonds. The second-order valence-electron chi connectivity index (χ2n) is 7.01. The number of sulfone groups is 1. The lowest BCUT2D eigenvalue weighted by molar-refractivity contribution is 0.101. The monoisotopic (exact) mass is 357 g/mol. The molecule has 0 unspecified atom stereocenters. The third-order valence-corrected chi connectivity index (χ3v) is 6.10. The number of likely N-dealkylation sites (N-methyl/N-ethyl adjacent to an activating group) is 1. The minimum Gasteiger partial charge on any atom is -0.373 e. The van der Waals surface area contributed by atoms with Crippen molar-refractivity contribution in [2.24, 2.45) is 0 Å². The van der Waals surface area contributed by atoms with Gasteiger partial charge in [-0.05, 0) is 43.5 Å². The van der Waals surface area contributed by atoms with Crippen molar-refractivity contribution in [1.82, 2.24) is 0 Å². The van der Waals surface area contributed by atoms with Crippen LogP contribution in [0.1, 0.15) is 35.7 Å². The molecule has 0 heterocycles. The molecule has 0 bridgehead atoms. The second kappa shape index (κ2) is 6.30. The van der Waals surface area contributed by atoms with Gasteiger partial charge in [-0.15, -0.1) is 0 Å². The predicted molar refractivity (Wildman–Crippen MR) is 100 cm³/mol. The number of benzene rings is 2. The maximum Gasteiger partial charge on any atom is 0.177 e. The lowest BCUT2D eigenvalue weighted by atomic mass is 9.95. The van der Waals surface area contributed by atoms with Crippen LogP contribution in [0.25, 0.3) is 0 Å². The van der Waals surface area contributed by atoms with Crippen molar-refractivity contribution in [3.05, 3.63) is 59.7 Å². The SMILES string of the molecule is CC(=O)c1ccc(S(C)(=O)=O)c(N(C)CC2(c3ccccc3)CC2)c1. The Morgan fingerprint density at radius 3 is 2.28 bits per heavy atom. The highest BCUT2D eigenvalue weighted by Gasteiger charge is 2.45. The topological polar surface area (TPSA) is 54.5 Å². The number of nitrogens with zero attached hydrogens (tertiary/aromatic N) is 1. The molecule has 2 aromatic rings. The molecule has 2 aromatic carbocycles. The minimum atomic E-state index is -3.37.